The summed E-state index contributed by atoms with van der Waals surface area (Å²) in [4.78, 5) is 12.5. The first-order valence-corrected chi connectivity index (χ1v) is 11.6. The normalized spacial score (nSPS) is 23.0. The quantitative estimate of drug-likeness (QED) is 0.320. The molecule has 0 unspecified atom stereocenters. The van der Waals surface area contributed by atoms with E-state index in [0.717, 1.165) is 42.5 Å². The third kappa shape index (κ3) is 5.98. The summed E-state index contributed by atoms with van der Waals surface area (Å²) < 4.78 is 0. The molecule has 1 saturated carbocycles. The molecule has 0 bridgehead atoms. The van der Waals surface area contributed by atoms with Crippen LogP contribution in [-0.4, -0.2) is 27.7 Å². The highest BCUT2D eigenvalue weighted by molar-refractivity contribution is 7.13. The van der Waals surface area contributed by atoms with Gasteiger partial charge < -0.3 is 10.2 Å². The lowest BCUT2D eigenvalue weighted by atomic mass is 9.90. The van der Waals surface area contributed by atoms with Crippen molar-refractivity contribution in [2.75, 3.05) is 0 Å². The number of allylic oxidation sites excluding steroid dienone is 1. The second-order valence-electron chi connectivity index (χ2n) is 7.77. The van der Waals surface area contributed by atoms with Crippen LogP contribution in [0.5, 0.6) is 0 Å². The standard InChI is InChI=1S/C25H27ClO3S/c1-2-3-6-17-7-4-8-18(15-17)11-13-21-20(22(26)16-23(21)27)10-5-9-19-12-14-24(30-19)25(28)29/h2,4,7-8,12,14-15,20-23,27H,1,3,5-6,9-10,16H2,(H,28,29)/t20-,21-,22+,23-/m1/s1. The molecular weight excluding hydrogens is 416 g/mol. The Morgan fingerprint density at radius 1 is 1.30 bits per heavy atom. The molecule has 0 radical (unpaired) electrons. The number of halogens is 1. The molecule has 4 atom stereocenters. The number of aryl methyl sites for hydroxylation is 2. The van der Waals surface area contributed by atoms with E-state index in [2.05, 4.69) is 30.6 Å². The van der Waals surface area contributed by atoms with Crippen LogP contribution in [0.25, 0.3) is 0 Å². The maximum atomic E-state index is 11.0. The van der Waals surface area contributed by atoms with E-state index in [1.807, 2.05) is 24.3 Å². The van der Waals surface area contributed by atoms with Crippen molar-refractivity contribution in [3.05, 3.63) is 69.9 Å². The predicted octanol–water partition coefficient (Wildman–Crippen LogP) is 5.54. The van der Waals surface area contributed by atoms with E-state index in [9.17, 15) is 9.90 Å². The van der Waals surface area contributed by atoms with E-state index in [-0.39, 0.29) is 17.2 Å². The minimum Gasteiger partial charge on any atom is -0.477 e. The summed E-state index contributed by atoms with van der Waals surface area (Å²) in [7, 11) is 0. The molecule has 30 heavy (non-hydrogen) atoms. The van der Waals surface area contributed by atoms with Gasteiger partial charge in [0.1, 0.15) is 4.88 Å². The number of carboxylic acids is 1. The second kappa shape index (κ2) is 10.8. The van der Waals surface area contributed by atoms with E-state index in [1.165, 1.54) is 16.9 Å². The number of carboxylic acid groups (broad SMARTS) is 1. The Hall–Kier alpha value is -2.06. The zero-order valence-corrected chi connectivity index (χ0v) is 18.5. The van der Waals surface area contributed by atoms with Gasteiger partial charge in [-0.1, -0.05) is 30.0 Å². The molecule has 0 amide bonds. The molecule has 158 valence electrons. The number of hydrogen-bond acceptors (Lipinski definition) is 3. The molecule has 2 aromatic rings. The number of aromatic carboxylic acids is 1. The Labute approximate surface area is 187 Å². The summed E-state index contributed by atoms with van der Waals surface area (Å²) in [6, 6.07) is 11.7. The highest BCUT2D eigenvalue weighted by atomic mass is 35.5. The van der Waals surface area contributed by atoms with Gasteiger partial charge in [-0.2, -0.15) is 0 Å². The van der Waals surface area contributed by atoms with Gasteiger partial charge in [0.05, 0.1) is 12.0 Å². The SMILES string of the molecule is C=CCCc1cccc(C#C[C@@H]2[C@@H](CCCc3ccc(C(=O)O)s3)[C@@H](Cl)C[C@H]2O)c1. The lowest BCUT2D eigenvalue weighted by Gasteiger charge is -2.18. The Bertz CT molecular complexity index is 939. The third-order valence-corrected chi connectivity index (χ3v) is 7.22. The van der Waals surface area contributed by atoms with Crippen LogP contribution in [0.2, 0.25) is 0 Å². The number of benzene rings is 1. The average Bonchev–Trinajstić information content (AvgIpc) is 3.30. The van der Waals surface area contributed by atoms with Crippen LogP contribution in [-0.2, 0) is 12.8 Å². The summed E-state index contributed by atoms with van der Waals surface area (Å²) in [5.74, 6) is 5.67. The fourth-order valence-electron chi connectivity index (χ4n) is 4.01. The summed E-state index contributed by atoms with van der Waals surface area (Å²) in [6.07, 6.45) is 6.44. The van der Waals surface area contributed by atoms with Crippen molar-refractivity contribution in [1.82, 2.24) is 0 Å². The van der Waals surface area contributed by atoms with Crippen molar-refractivity contribution < 1.29 is 15.0 Å². The topological polar surface area (TPSA) is 57.5 Å². The van der Waals surface area contributed by atoms with Crippen molar-refractivity contribution in [3.63, 3.8) is 0 Å². The monoisotopic (exact) mass is 442 g/mol. The van der Waals surface area contributed by atoms with Crippen molar-refractivity contribution in [3.8, 4) is 11.8 Å². The smallest absolute Gasteiger partial charge is 0.345 e. The summed E-state index contributed by atoms with van der Waals surface area (Å²) in [6.45, 7) is 3.77. The van der Waals surface area contributed by atoms with Crippen LogP contribution in [0, 0.1) is 23.7 Å². The van der Waals surface area contributed by atoms with Crippen LogP contribution in [0.1, 0.15) is 51.4 Å². The van der Waals surface area contributed by atoms with Crippen LogP contribution >= 0.6 is 22.9 Å². The van der Waals surface area contributed by atoms with Gasteiger partial charge in [-0.3, -0.25) is 0 Å². The lowest BCUT2D eigenvalue weighted by molar-refractivity contribution is 0.0702. The fraction of sp³-hybridized carbons (Fsp3) is 0.400. The number of thiophene rings is 1. The Balaban J connectivity index is 1.62. The number of aliphatic hydroxyl groups excluding tert-OH is 1. The van der Waals surface area contributed by atoms with Crippen LogP contribution in [0.3, 0.4) is 0 Å². The first kappa shape index (κ1) is 22.6. The predicted molar refractivity (Wildman–Crippen MR) is 123 cm³/mol. The van der Waals surface area contributed by atoms with Crippen LogP contribution < -0.4 is 0 Å². The van der Waals surface area contributed by atoms with Gasteiger partial charge in [-0.05, 0) is 74.3 Å². The number of rotatable bonds is 8. The molecule has 2 N–H and O–H groups in total. The molecule has 0 spiro atoms. The van der Waals surface area contributed by atoms with E-state index in [1.54, 1.807) is 6.07 Å². The largest absolute Gasteiger partial charge is 0.477 e. The summed E-state index contributed by atoms with van der Waals surface area (Å²) in [5, 5.41) is 19.5. The second-order valence-corrected chi connectivity index (χ2v) is 9.50. The van der Waals surface area contributed by atoms with Crippen molar-refractivity contribution in [2.45, 2.75) is 50.0 Å². The van der Waals surface area contributed by atoms with E-state index >= 15 is 0 Å². The first-order chi connectivity index (χ1) is 14.5. The highest BCUT2D eigenvalue weighted by Gasteiger charge is 2.40. The molecule has 1 aliphatic carbocycles. The number of alkyl halides is 1. The van der Waals surface area contributed by atoms with Gasteiger partial charge in [-0.15, -0.1) is 29.5 Å². The van der Waals surface area contributed by atoms with Gasteiger partial charge in [0.25, 0.3) is 0 Å². The molecule has 1 aliphatic rings. The zero-order valence-electron chi connectivity index (χ0n) is 16.9. The average molecular weight is 443 g/mol. The Morgan fingerprint density at radius 3 is 2.87 bits per heavy atom. The van der Waals surface area contributed by atoms with E-state index < -0.39 is 12.1 Å². The molecule has 1 aromatic heterocycles. The van der Waals surface area contributed by atoms with Gasteiger partial charge in [0.2, 0.25) is 0 Å². The van der Waals surface area contributed by atoms with Crippen molar-refractivity contribution in [2.24, 2.45) is 11.8 Å². The van der Waals surface area contributed by atoms with Crippen LogP contribution in [0.15, 0.2) is 49.1 Å². The van der Waals surface area contributed by atoms with E-state index in [0.29, 0.717) is 11.3 Å². The minimum atomic E-state index is -0.880. The number of aliphatic hydroxyl groups is 1. The third-order valence-electron chi connectivity index (χ3n) is 5.59. The molecule has 1 aromatic carbocycles. The highest BCUT2D eigenvalue weighted by Crippen LogP contribution is 2.39. The summed E-state index contributed by atoms with van der Waals surface area (Å²) >= 11 is 7.87. The molecule has 0 aliphatic heterocycles. The first-order valence-electron chi connectivity index (χ1n) is 10.3. The zero-order chi connectivity index (χ0) is 21.5. The molecular formula is C25H27ClO3S. The molecule has 1 fully saturated rings. The number of carbonyl (C=O) groups is 1. The fourth-order valence-corrected chi connectivity index (χ4v) is 5.36. The maximum absolute atomic E-state index is 11.0. The van der Waals surface area contributed by atoms with E-state index in [4.69, 9.17) is 16.7 Å². The Morgan fingerprint density at radius 2 is 2.13 bits per heavy atom. The molecule has 3 rings (SSSR count). The van der Waals surface area contributed by atoms with Crippen LogP contribution in [0.4, 0.5) is 0 Å². The minimum absolute atomic E-state index is 0.0869. The Kier molecular flexibility index (Phi) is 8.16. The molecule has 5 heteroatoms. The van der Waals surface area contributed by atoms with Gasteiger partial charge in [-0.25, -0.2) is 4.79 Å². The lowest BCUT2D eigenvalue weighted by Crippen LogP contribution is -2.19. The van der Waals surface area contributed by atoms with Gasteiger partial charge >= 0.3 is 5.97 Å². The molecule has 3 nitrogen and oxygen atoms in total. The molecule has 1 heterocycles. The molecule has 0 saturated heterocycles. The van der Waals surface area contributed by atoms with Gasteiger partial charge in [0, 0.05) is 15.8 Å². The van der Waals surface area contributed by atoms with Crippen molar-refractivity contribution >= 4 is 28.9 Å². The summed E-state index contributed by atoms with van der Waals surface area (Å²) in [5.41, 5.74) is 2.19. The maximum Gasteiger partial charge on any atom is 0.345 e. The number of hydrogen-bond donors (Lipinski definition) is 2. The van der Waals surface area contributed by atoms with Gasteiger partial charge in [0.15, 0.2) is 0 Å². The van der Waals surface area contributed by atoms with Crippen molar-refractivity contribution in [1.29, 1.82) is 0 Å².